The van der Waals surface area contributed by atoms with Crippen molar-refractivity contribution < 1.29 is 28.2 Å². The van der Waals surface area contributed by atoms with Crippen LogP contribution in [0.3, 0.4) is 0 Å². The summed E-state index contributed by atoms with van der Waals surface area (Å²) in [5.41, 5.74) is 9.07. The van der Waals surface area contributed by atoms with E-state index in [1.54, 1.807) is 19.2 Å². The number of nitrogens with two attached hydrogens (primary N) is 1. The molecule has 1 unspecified atom stereocenters. The molecule has 0 aliphatic heterocycles. The van der Waals surface area contributed by atoms with Crippen LogP contribution in [-0.2, 0) is 4.74 Å². The summed E-state index contributed by atoms with van der Waals surface area (Å²) in [5.74, 6) is -0.869. The number of pyridine rings is 1. The van der Waals surface area contributed by atoms with Crippen molar-refractivity contribution in [3.05, 3.63) is 65.9 Å². The second-order valence-electron chi connectivity index (χ2n) is 8.81. The quantitative estimate of drug-likeness (QED) is 0.270. The Morgan fingerprint density at radius 1 is 1.10 bits per heavy atom. The minimum absolute atomic E-state index is 0.00317. The molecule has 5 rings (SSSR count). The number of fused-ring (bicyclic) bond motifs is 2. The lowest BCUT2D eigenvalue weighted by atomic mass is 10.1. The van der Waals surface area contributed by atoms with Crippen LogP contribution in [0.4, 0.5) is 14.9 Å². The Hall–Kier alpha value is -4.91. The van der Waals surface area contributed by atoms with Gasteiger partial charge in [-0.3, -0.25) is 10.1 Å². The Balaban J connectivity index is 1.28. The van der Waals surface area contributed by atoms with E-state index < -0.39 is 23.9 Å². The molecule has 0 bridgehead atoms. The topological polar surface area (TPSA) is 151 Å². The summed E-state index contributed by atoms with van der Waals surface area (Å²) in [6.45, 7) is 3.46. The number of nitrogens with zero attached hydrogens (tertiary/aromatic N) is 4. The summed E-state index contributed by atoms with van der Waals surface area (Å²) in [6.07, 6.45) is 1.34. The molecular weight excluding hydrogens is 539 g/mol. The number of aryl methyl sites for hydroxylation is 1. The summed E-state index contributed by atoms with van der Waals surface area (Å²) in [7, 11) is 1.53. The van der Waals surface area contributed by atoms with E-state index in [2.05, 4.69) is 25.3 Å². The molecule has 3 N–H and O–H groups in total. The lowest BCUT2D eigenvalue weighted by molar-refractivity contribution is 0.0844. The maximum Gasteiger partial charge on any atom is 0.412 e. The van der Waals surface area contributed by atoms with Gasteiger partial charge in [0.15, 0.2) is 11.6 Å². The third-order valence-corrected chi connectivity index (χ3v) is 6.75. The molecule has 0 saturated carbocycles. The van der Waals surface area contributed by atoms with Gasteiger partial charge in [-0.1, -0.05) is 0 Å². The molecule has 3 aromatic heterocycles. The van der Waals surface area contributed by atoms with Gasteiger partial charge >= 0.3 is 6.09 Å². The molecule has 0 spiro atoms. The molecule has 204 valence electrons. The lowest BCUT2D eigenvalue weighted by Crippen LogP contribution is -2.25. The number of amides is 2. The predicted octanol–water partition coefficient (Wildman–Crippen LogP) is 4.87. The molecule has 13 heteroatoms. The Morgan fingerprint density at radius 2 is 1.93 bits per heavy atom. The van der Waals surface area contributed by atoms with Crippen LogP contribution in [0.1, 0.15) is 23.0 Å². The van der Waals surface area contributed by atoms with E-state index in [4.69, 9.17) is 19.9 Å². The number of benzene rings is 2. The molecule has 0 aliphatic rings. The normalized spacial score (nSPS) is 11.8. The van der Waals surface area contributed by atoms with Gasteiger partial charge in [0.25, 0.3) is 5.91 Å². The predicted molar refractivity (Wildman–Crippen MR) is 147 cm³/mol. The molecule has 2 amide bonds. The molecule has 40 heavy (non-hydrogen) atoms. The Labute approximate surface area is 231 Å². The molecule has 1 atom stereocenters. The number of carbonyl (C=O) groups excluding carboxylic acids is 2. The van der Waals surface area contributed by atoms with Gasteiger partial charge in [-0.15, -0.1) is 11.3 Å². The number of hydrogen-bond donors (Lipinski definition) is 2. The maximum atomic E-state index is 14.9. The first-order chi connectivity index (χ1) is 19.2. The molecular formula is C27H23FN6O5S. The molecule has 5 aromatic rings. The number of methoxy groups -OCH3 is 1. The monoisotopic (exact) mass is 562 g/mol. The lowest BCUT2D eigenvalue weighted by Gasteiger charge is -2.15. The Morgan fingerprint density at radius 3 is 2.65 bits per heavy atom. The summed E-state index contributed by atoms with van der Waals surface area (Å²) in [5, 5.41) is 3.14. The number of nitrogens with one attached hydrogen (secondary N) is 1. The van der Waals surface area contributed by atoms with Crippen molar-refractivity contribution in [2.45, 2.75) is 20.0 Å². The van der Waals surface area contributed by atoms with Gasteiger partial charge in [0.2, 0.25) is 5.88 Å². The summed E-state index contributed by atoms with van der Waals surface area (Å²) in [6, 6.07) is 9.58. The molecule has 0 radical (unpaired) electrons. The van der Waals surface area contributed by atoms with E-state index >= 15 is 0 Å². The van der Waals surface area contributed by atoms with Crippen molar-refractivity contribution in [1.29, 1.82) is 0 Å². The molecule has 2 aromatic carbocycles. The van der Waals surface area contributed by atoms with Crippen LogP contribution >= 0.6 is 11.3 Å². The maximum absolute atomic E-state index is 14.9. The number of hydrogen-bond acceptors (Lipinski definition) is 10. The zero-order valence-electron chi connectivity index (χ0n) is 21.6. The number of halogens is 1. The van der Waals surface area contributed by atoms with Gasteiger partial charge in [-0.2, -0.15) is 0 Å². The largest absolute Gasteiger partial charge is 0.487 e. The number of carbonyl (C=O) groups is 2. The summed E-state index contributed by atoms with van der Waals surface area (Å²) >= 11 is 1.37. The first kappa shape index (κ1) is 26.7. The molecule has 3 heterocycles. The number of aromatic nitrogens is 4. The van der Waals surface area contributed by atoms with Gasteiger partial charge in [-0.25, -0.2) is 29.1 Å². The number of rotatable bonds is 8. The van der Waals surface area contributed by atoms with E-state index in [-0.39, 0.29) is 18.1 Å². The van der Waals surface area contributed by atoms with Crippen LogP contribution in [0.15, 0.2) is 48.8 Å². The van der Waals surface area contributed by atoms with Crippen molar-refractivity contribution in [1.82, 2.24) is 19.9 Å². The molecule has 0 aliphatic carbocycles. The highest BCUT2D eigenvalue weighted by Crippen LogP contribution is 2.37. The number of ether oxygens (including phenoxy) is 3. The van der Waals surface area contributed by atoms with Crippen molar-refractivity contribution in [3.8, 4) is 22.2 Å². The fraction of sp³-hybridized carbons (Fsp3) is 0.185. The smallest absolute Gasteiger partial charge is 0.412 e. The average molecular weight is 563 g/mol. The SMILES string of the molecule is COc1cnc2c(-c3nc4cc(F)c(OCC(C)OC(=O)Nc5ccc(C(N)=O)nc5)cc4s3)cc(C)cc2n1. The van der Waals surface area contributed by atoms with Crippen molar-refractivity contribution in [2.24, 2.45) is 5.73 Å². The van der Waals surface area contributed by atoms with Crippen LogP contribution in [0, 0.1) is 12.7 Å². The van der Waals surface area contributed by atoms with E-state index in [0.29, 0.717) is 37.8 Å². The second-order valence-corrected chi connectivity index (χ2v) is 9.84. The number of primary amides is 1. The van der Waals surface area contributed by atoms with Crippen LogP contribution in [0.25, 0.3) is 31.8 Å². The molecule has 0 fully saturated rings. The van der Waals surface area contributed by atoms with Gasteiger partial charge in [0.05, 0.1) is 46.4 Å². The zero-order chi connectivity index (χ0) is 28.4. The van der Waals surface area contributed by atoms with Gasteiger partial charge < -0.3 is 19.9 Å². The molecule has 11 nitrogen and oxygen atoms in total. The van der Waals surface area contributed by atoms with Crippen molar-refractivity contribution in [3.63, 3.8) is 0 Å². The van der Waals surface area contributed by atoms with Crippen molar-refractivity contribution >= 4 is 50.3 Å². The Bertz CT molecular complexity index is 1740. The van der Waals surface area contributed by atoms with Gasteiger partial charge in [0, 0.05) is 17.7 Å². The van der Waals surface area contributed by atoms with Crippen LogP contribution in [-0.4, -0.2) is 51.8 Å². The minimum atomic E-state index is -0.765. The van der Waals surface area contributed by atoms with E-state index in [9.17, 15) is 14.0 Å². The Kier molecular flexibility index (Phi) is 7.38. The average Bonchev–Trinajstić information content (AvgIpc) is 3.33. The standard InChI is InChI=1S/C27H23FN6O5S/c1-13-6-16(24-20(7-13)33-23(37-3)11-31-24)26-34-19-8-17(28)21(9-22(19)40-26)38-12-14(2)39-27(36)32-15-4-5-18(25(29)35)30-10-15/h4-11,14H,12H2,1-3H3,(H2,29,35)(H,32,36). The highest BCUT2D eigenvalue weighted by molar-refractivity contribution is 7.21. The van der Waals surface area contributed by atoms with E-state index in [1.165, 1.54) is 42.8 Å². The third kappa shape index (κ3) is 5.73. The first-order valence-electron chi connectivity index (χ1n) is 12.0. The number of anilines is 1. The van der Waals surface area contributed by atoms with E-state index in [1.807, 2.05) is 19.1 Å². The van der Waals surface area contributed by atoms with Gasteiger partial charge in [0.1, 0.15) is 23.4 Å². The number of thiazole rings is 1. The van der Waals surface area contributed by atoms with Crippen molar-refractivity contribution in [2.75, 3.05) is 19.0 Å². The highest BCUT2D eigenvalue weighted by atomic mass is 32.1. The summed E-state index contributed by atoms with van der Waals surface area (Å²) < 4.78 is 31.7. The zero-order valence-corrected chi connectivity index (χ0v) is 22.4. The van der Waals surface area contributed by atoms with Gasteiger partial charge in [-0.05, 0) is 43.7 Å². The fourth-order valence-electron chi connectivity index (χ4n) is 3.85. The first-order valence-corrected chi connectivity index (χ1v) is 12.8. The fourth-order valence-corrected chi connectivity index (χ4v) is 4.84. The highest BCUT2D eigenvalue weighted by Gasteiger charge is 2.17. The van der Waals surface area contributed by atoms with Crippen LogP contribution < -0.4 is 20.5 Å². The third-order valence-electron chi connectivity index (χ3n) is 5.69. The van der Waals surface area contributed by atoms with Crippen LogP contribution in [0.5, 0.6) is 11.6 Å². The van der Waals surface area contributed by atoms with Crippen LogP contribution in [0.2, 0.25) is 0 Å². The van der Waals surface area contributed by atoms with E-state index in [0.717, 1.165) is 11.1 Å². The summed E-state index contributed by atoms with van der Waals surface area (Å²) in [4.78, 5) is 40.7. The second kappa shape index (κ2) is 11.1. The minimum Gasteiger partial charge on any atom is -0.487 e. The molecule has 0 saturated heterocycles.